The van der Waals surface area contributed by atoms with E-state index in [1.807, 2.05) is 37.3 Å². The minimum Gasteiger partial charge on any atom is -0.354 e. The largest absolute Gasteiger partial charge is 0.354 e. The van der Waals surface area contributed by atoms with Crippen LogP contribution in [0.5, 0.6) is 0 Å². The molecule has 2 amide bonds. The second-order valence-corrected chi connectivity index (χ2v) is 12.5. The highest BCUT2D eigenvalue weighted by Crippen LogP contribution is 2.26. The standard InChI is InChI=1S/C29H32Cl3N3O4S/c1-3-4-15-33-29(37)27(16-21-9-6-5-7-10-21)34(19-22-13-14-24(31)18-26(22)32)28(36)20-35(40(2,38)39)25-12-8-11-23(30)17-25/h5-14,17-18,27H,3-4,15-16,19-20H2,1-2H3,(H,33,37)/t27-/m0/s1. The lowest BCUT2D eigenvalue weighted by Gasteiger charge is -2.33. The normalized spacial score (nSPS) is 12.0. The molecular formula is C29H32Cl3N3O4S. The predicted octanol–water partition coefficient (Wildman–Crippen LogP) is 5.97. The Balaban J connectivity index is 2.06. The van der Waals surface area contributed by atoms with Crippen molar-refractivity contribution in [2.45, 2.75) is 38.8 Å². The molecule has 3 aromatic carbocycles. The van der Waals surface area contributed by atoms with Crippen molar-refractivity contribution in [2.24, 2.45) is 0 Å². The molecule has 0 fully saturated rings. The number of hydrogen-bond donors (Lipinski definition) is 1. The van der Waals surface area contributed by atoms with Crippen molar-refractivity contribution in [3.8, 4) is 0 Å². The van der Waals surface area contributed by atoms with E-state index < -0.39 is 28.5 Å². The maximum Gasteiger partial charge on any atom is 0.244 e. The van der Waals surface area contributed by atoms with Crippen molar-refractivity contribution in [1.29, 1.82) is 0 Å². The lowest BCUT2D eigenvalue weighted by atomic mass is 10.0. The minimum absolute atomic E-state index is 0.0410. The first-order chi connectivity index (χ1) is 19.0. The van der Waals surface area contributed by atoms with Gasteiger partial charge in [-0.2, -0.15) is 0 Å². The van der Waals surface area contributed by atoms with Crippen LogP contribution in [0.1, 0.15) is 30.9 Å². The van der Waals surface area contributed by atoms with Crippen LogP contribution in [0.3, 0.4) is 0 Å². The van der Waals surface area contributed by atoms with Crippen LogP contribution in [-0.4, -0.2) is 50.5 Å². The van der Waals surface area contributed by atoms with E-state index in [-0.39, 0.29) is 24.6 Å². The van der Waals surface area contributed by atoms with Gasteiger partial charge in [-0.15, -0.1) is 0 Å². The third-order valence-electron chi connectivity index (χ3n) is 6.23. The van der Waals surface area contributed by atoms with Gasteiger partial charge in [-0.25, -0.2) is 8.42 Å². The quantitative estimate of drug-likeness (QED) is 0.238. The summed E-state index contributed by atoms with van der Waals surface area (Å²) in [4.78, 5) is 29.0. The number of sulfonamides is 1. The van der Waals surface area contributed by atoms with E-state index in [2.05, 4.69) is 5.32 Å². The number of carbonyl (C=O) groups is 2. The number of benzene rings is 3. The van der Waals surface area contributed by atoms with Gasteiger partial charge in [0, 0.05) is 34.6 Å². The molecule has 0 bridgehead atoms. The van der Waals surface area contributed by atoms with Gasteiger partial charge in [0.1, 0.15) is 12.6 Å². The SMILES string of the molecule is CCCCNC(=O)[C@H](Cc1ccccc1)N(Cc1ccc(Cl)cc1Cl)C(=O)CN(c1cccc(Cl)c1)S(C)(=O)=O. The molecule has 0 radical (unpaired) electrons. The first-order valence-electron chi connectivity index (χ1n) is 12.8. The number of nitrogens with one attached hydrogen (secondary N) is 1. The second kappa shape index (κ2) is 14.7. The van der Waals surface area contributed by atoms with E-state index in [4.69, 9.17) is 34.8 Å². The van der Waals surface area contributed by atoms with Crippen LogP contribution in [-0.2, 0) is 32.6 Å². The summed E-state index contributed by atoms with van der Waals surface area (Å²) in [5, 5.41) is 4.00. The van der Waals surface area contributed by atoms with Crippen LogP contribution in [0.25, 0.3) is 0 Å². The summed E-state index contributed by atoms with van der Waals surface area (Å²) in [6, 6.07) is 19.5. The molecule has 0 unspecified atom stereocenters. The zero-order chi connectivity index (χ0) is 29.3. The van der Waals surface area contributed by atoms with Gasteiger partial charge in [0.2, 0.25) is 21.8 Å². The lowest BCUT2D eigenvalue weighted by Crippen LogP contribution is -2.53. The van der Waals surface area contributed by atoms with Crippen molar-refractivity contribution in [2.75, 3.05) is 23.7 Å². The lowest BCUT2D eigenvalue weighted by molar-refractivity contribution is -0.140. The molecule has 3 rings (SSSR count). The van der Waals surface area contributed by atoms with Gasteiger partial charge < -0.3 is 10.2 Å². The van der Waals surface area contributed by atoms with Crippen LogP contribution in [0.2, 0.25) is 15.1 Å². The van der Waals surface area contributed by atoms with Gasteiger partial charge in [-0.05, 0) is 47.9 Å². The first-order valence-corrected chi connectivity index (χ1v) is 15.8. The number of hydrogen-bond acceptors (Lipinski definition) is 4. The Morgan fingerprint density at radius 3 is 2.25 bits per heavy atom. The summed E-state index contributed by atoms with van der Waals surface area (Å²) in [6.07, 6.45) is 2.89. The first kappa shape index (κ1) is 31.7. The number of carbonyl (C=O) groups excluding carboxylic acids is 2. The fraction of sp³-hybridized carbons (Fsp3) is 0.310. The summed E-state index contributed by atoms with van der Waals surface area (Å²) < 4.78 is 26.6. The molecule has 7 nitrogen and oxygen atoms in total. The van der Waals surface area contributed by atoms with Crippen LogP contribution < -0.4 is 9.62 Å². The van der Waals surface area contributed by atoms with E-state index in [0.29, 0.717) is 27.2 Å². The maximum atomic E-state index is 14.0. The van der Waals surface area contributed by atoms with Gasteiger partial charge in [-0.3, -0.25) is 13.9 Å². The molecule has 0 aliphatic carbocycles. The summed E-state index contributed by atoms with van der Waals surface area (Å²) in [7, 11) is -3.89. The van der Waals surface area contributed by atoms with Crippen molar-refractivity contribution < 1.29 is 18.0 Å². The molecule has 1 atom stereocenters. The Morgan fingerprint density at radius 1 is 0.925 bits per heavy atom. The van der Waals surface area contributed by atoms with Crippen molar-refractivity contribution in [1.82, 2.24) is 10.2 Å². The Kier molecular flexibility index (Phi) is 11.7. The fourth-order valence-corrected chi connectivity index (χ4v) is 5.63. The molecule has 0 aromatic heterocycles. The van der Waals surface area contributed by atoms with Gasteiger partial charge in [0.15, 0.2) is 0 Å². The Hall–Kier alpha value is -2.78. The Bertz CT molecular complexity index is 1420. The highest BCUT2D eigenvalue weighted by Gasteiger charge is 2.33. The van der Waals surface area contributed by atoms with E-state index in [1.165, 1.54) is 11.0 Å². The smallest absolute Gasteiger partial charge is 0.244 e. The number of amides is 2. The second-order valence-electron chi connectivity index (χ2n) is 9.36. The van der Waals surface area contributed by atoms with Gasteiger partial charge in [-0.1, -0.05) is 90.6 Å². The molecule has 1 N–H and O–H groups in total. The third kappa shape index (κ3) is 9.13. The average Bonchev–Trinajstić information content (AvgIpc) is 2.90. The van der Waals surface area contributed by atoms with Crippen molar-refractivity contribution in [3.05, 3.63) is 99.0 Å². The maximum absolute atomic E-state index is 14.0. The molecule has 0 saturated carbocycles. The molecule has 40 heavy (non-hydrogen) atoms. The van der Waals surface area contributed by atoms with Crippen molar-refractivity contribution in [3.63, 3.8) is 0 Å². The van der Waals surface area contributed by atoms with Crippen LogP contribution >= 0.6 is 34.8 Å². The zero-order valence-electron chi connectivity index (χ0n) is 22.3. The number of anilines is 1. The average molecular weight is 625 g/mol. The number of rotatable bonds is 13. The summed E-state index contributed by atoms with van der Waals surface area (Å²) in [5.74, 6) is -0.924. The van der Waals surface area contributed by atoms with Crippen LogP contribution in [0, 0.1) is 0 Å². The molecule has 3 aromatic rings. The molecule has 0 aliphatic rings. The molecule has 11 heteroatoms. The molecule has 0 aliphatic heterocycles. The van der Waals surface area contributed by atoms with Crippen molar-refractivity contribution >= 4 is 62.3 Å². The number of nitrogens with zero attached hydrogens (tertiary/aromatic N) is 2. The van der Waals surface area contributed by atoms with E-state index in [0.717, 1.165) is 29.0 Å². The fourth-order valence-electron chi connectivity index (χ4n) is 4.14. The van der Waals surface area contributed by atoms with Crippen LogP contribution in [0.15, 0.2) is 72.8 Å². The van der Waals surface area contributed by atoms with Gasteiger partial charge in [0.05, 0.1) is 11.9 Å². The minimum atomic E-state index is -3.89. The topological polar surface area (TPSA) is 86.8 Å². The number of unbranched alkanes of at least 4 members (excludes halogenated alkanes) is 1. The zero-order valence-corrected chi connectivity index (χ0v) is 25.4. The molecule has 0 spiro atoms. The van der Waals surface area contributed by atoms with Gasteiger partial charge in [0.25, 0.3) is 0 Å². The van der Waals surface area contributed by atoms with E-state index in [1.54, 1.807) is 36.4 Å². The van der Waals surface area contributed by atoms with Crippen LogP contribution in [0.4, 0.5) is 5.69 Å². The summed E-state index contributed by atoms with van der Waals surface area (Å²) in [6.45, 7) is 1.88. The third-order valence-corrected chi connectivity index (χ3v) is 8.19. The molecule has 0 saturated heterocycles. The highest BCUT2D eigenvalue weighted by atomic mass is 35.5. The highest BCUT2D eigenvalue weighted by molar-refractivity contribution is 7.92. The molecule has 214 valence electrons. The summed E-state index contributed by atoms with van der Waals surface area (Å²) in [5.41, 5.74) is 1.64. The number of halogens is 3. The van der Waals surface area contributed by atoms with Gasteiger partial charge >= 0.3 is 0 Å². The predicted molar refractivity (Wildman–Crippen MR) is 163 cm³/mol. The molecular weight excluding hydrogens is 593 g/mol. The van der Waals surface area contributed by atoms with E-state index in [9.17, 15) is 18.0 Å². The van der Waals surface area contributed by atoms with E-state index >= 15 is 0 Å². The summed E-state index contributed by atoms with van der Waals surface area (Å²) >= 11 is 18.7. The Labute approximate surface area is 251 Å². The molecule has 0 heterocycles. The Morgan fingerprint density at radius 2 is 1.62 bits per heavy atom. The monoisotopic (exact) mass is 623 g/mol.